The number of pyridine rings is 1. The van der Waals surface area contributed by atoms with Crippen molar-refractivity contribution in [3.8, 4) is 11.1 Å². The molecule has 5 heteroatoms. The molecule has 26 heavy (non-hydrogen) atoms. The van der Waals surface area contributed by atoms with Crippen molar-refractivity contribution in [1.29, 1.82) is 0 Å². The van der Waals surface area contributed by atoms with Crippen molar-refractivity contribution in [2.75, 3.05) is 20.1 Å². The van der Waals surface area contributed by atoms with E-state index in [9.17, 15) is 4.79 Å². The van der Waals surface area contributed by atoms with Crippen molar-refractivity contribution in [2.45, 2.75) is 19.8 Å². The standard InChI is InChI=1S/C21H24N4O/c1-15(26)25-11-9-21(23-2)19(14-25)20(22)12-16-5-7-17(8-6-16)18-4-3-10-24-13-18/h3-8,10,13H,9,11-12,14,22H2,1-2H3. The van der Waals surface area contributed by atoms with Gasteiger partial charge in [0.15, 0.2) is 0 Å². The van der Waals surface area contributed by atoms with Crippen LogP contribution in [0.3, 0.4) is 0 Å². The van der Waals surface area contributed by atoms with Gasteiger partial charge in [0, 0.05) is 69.3 Å². The van der Waals surface area contributed by atoms with E-state index in [1.54, 1.807) is 20.2 Å². The molecule has 1 saturated heterocycles. The van der Waals surface area contributed by atoms with Crippen molar-refractivity contribution in [3.05, 3.63) is 65.6 Å². The summed E-state index contributed by atoms with van der Waals surface area (Å²) in [5.74, 6) is 0.0753. The third-order valence-electron chi connectivity index (χ3n) is 4.76. The highest BCUT2D eigenvalue weighted by atomic mass is 16.2. The highest BCUT2D eigenvalue weighted by Crippen LogP contribution is 2.21. The molecule has 0 aliphatic carbocycles. The molecule has 0 saturated carbocycles. The number of hydrogen-bond acceptors (Lipinski definition) is 4. The number of allylic oxidation sites excluding steroid dienone is 1. The predicted molar refractivity (Wildman–Crippen MR) is 105 cm³/mol. The Labute approximate surface area is 154 Å². The van der Waals surface area contributed by atoms with E-state index in [0.29, 0.717) is 19.5 Å². The number of nitrogens with zero attached hydrogens (tertiary/aromatic N) is 3. The molecule has 1 aliphatic rings. The van der Waals surface area contributed by atoms with Crippen LogP contribution < -0.4 is 5.73 Å². The van der Waals surface area contributed by atoms with Gasteiger partial charge in [-0.1, -0.05) is 30.3 Å². The van der Waals surface area contributed by atoms with Gasteiger partial charge in [0.1, 0.15) is 0 Å². The van der Waals surface area contributed by atoms with E-state index in [1.165, 1.54) is 0 Å². The fourth-order valence-corrected chi connectivity index (χ4v) is 3.23. The first-order chi connectivity index (χ1) is 12.6. The van der Waals surface area contributed by atoms with Crippen LogP contribution in [0.1, 0.15) is 18.9 Å². The summed E-state index contributed by atoms with van der Waals surface area (Å²) in [6.07, 6.45) is 5.03. The predicted octanol–water partition coefficient (Wildman–Crippen LogP) is 2.83. The zero-order chi connectivity index (χ0) is 18.5. The molecule has 2 heterocycles. The molecule has 0 unspecified atom stereocenters. The van der Waals surface area contributed by atoms with Crippen molar-refractivity contribution in [1.82, 2.24) is 9.88 Å². The van der Waals surface area contributed by atoms with Gasteiger partial charge in [-0.3, -0.25) is 14.8 Å². The van der Waals surface area contributed by atoms with Crippen LogP contribution in [0.25, 0.3) is 11.1 Å². The maximum Gasteiger partial charge on any atom is 0.219 e. The van der Waals surface area contributed by atoms with Gasteiger partial charge in [0.2, 0.25) is 5.91 Å². The third kappa shape index (κ3) is 3.99. The van der Waals surface area contributed by atoms with Crippen LogP contribution in [0, 0.1) is 0 Å². The number of hydrogen-bond donors (Lipinski definition) is 1. The van der Waals surface area contributed by atoms with Crippen LogP contribution in [-0.4, -0.2) is 41.6 Å². The van der Waals surface area contributed by atoms with Crippen LogP contribution in [0.15, 0.2) is 65.1 Å². The first-order valence-corrected chi connectivity index (χ1v) is 8.77. The second kappa shape index (κ2) is 7.95. The molecule has 2 N–H and O–H groups in total. The second-order valence-electron chi connectivity index (χ2n) is 6.48. The first-order valence-electron chi connectivity index (χ1n) is 8.77. The lowest BCUT2D eigenvalue weighted by Crippen LogP contribution is -2.40. The molecule has 1 amide bonds. The number of aromatic nitrogens is 1. The molecule has 3 rings (SSSR count). The number of benzene rings is 1. The van der Waals surface area contributed by atoms with Crippen LogP contribution in [0.4, 0.5) is 0 Å². The number of likely N-dealkylation sites (tertiary alicyclic amines) is 1. The molecule has 134 valence electrons. The molecular weight excluding hydrogens is 324 g/mol. The summed E-state index contributed by atoms with van der Waals surface area (Å²) in [6, 6.07) is 12.3. The summed E-state index contributed by atoms with van der Waals surface area (Å²) in [5.41, 5.74) is 12.5. The monoisotopic (exact) mass is 348 g/mol. The highest BCUT2D eigenvalue weighted by Gasteiger charge is 2.23. The average Bonchev–Trinajstić information content (AvgIpc) is 2.68. The number of carbonyl (C=O) groups excluding carboxylic acids is 1. The Kier molecular flexibility index (Phi) is 5.46. The summed E-state index contributed by atoms with van der Waals surface area (Å²) in [6.45, 7) is 2.85. The van der Waals surface area contributed by atoms with E-state index in [4.69, 9.17) is 5.73 Å². The molecular formula is C21H24N4O. The highest BCUT2D eigenvalue weighted by molar-refractivity contribution is 6.02. The van der Waals surface area contributed by atoms with E-state index >= 15 is 0 Å². The maximum absolute atomic E-state index is 11.7. The molecule has 1 aromatic carbocycles. The zero-order valence-corrected chi connectivity index (χ0v) is 15.3. The van der Waals surface area contributed by atoms with Crippen LogP contribution >= 0.6 is 0 Å². The number of nitrogens with two attached hydrogens (primary N) is 1. The summed E-state index contributed by atoms with van der Waals surface area (Å²) < 4.78 is 0. The number of amides is 1. The smallest absolute Gasteiger partial charge is 0.219 e. The van der Waals surface area contributed by atoms with E-state index in [1.807, 2.05) is 23.2 Å². The van der Waals surface area contributed by atoms with E-state index in [2.05, 4.69) is 34.2 Å². The van der Waals surface area contributed by atoms with Gasteiger partial charge in [-0.15, -0.1) is 0 Å². The third-order valence-corrected chi connectivity index (χ3v) is 4.76. The minimum absolute atomic E-state index is 0.0753. The van der Waals surface area contributed by atoms with Crippen molar-refractivity contribution in [2.24, 2.45) is 10.7 Å². The molecule has 0 atom stereocenters. The minimum atomic E-state index is 0.0753. The Morgan fingerprint density at radius 1 is 1.23 bits per heavy atom. The number of piperidine rings is 1. The lowest BCUT2D eigenvalue weighted by molar-refractivity contribution is -0.128. The Hall–Kier alpha value is -2.95. The first kappa shape index (κ1) is 17.9. The van der Waals surface area contributed by atoms with Gasteiger partial charge in [0.25, 0.3) is 0 Å². The Bertz CT molecular complexity index is 838. The van der Waals surface area contributed by atoms with Gasteiger partial charge in [-0.2, -0.15) is 0 Å². The van der Waals surface area contributed by atoms with Gasteiger partial charge in [0.05, 0.1) is 0 Å². The van der Waals surface area contributed by atoms with Crippen LogP contribution in [-0.2, 0) is 11.2 Å². The van der Waals surface area contributed by atoms with Crippen molar-refractivity contribution in [3.63, 3.8) is 0 Å². The molecule has 0 spiro atoms. The molecule has 0 radical (unpaired) electrons. The Balaban J connectivity index is 1.80. The summed E-state index contributed by atoms with van der Waals surface area (Å²) in [7, 11) is 1.79. The van der Waals surface area contributed by atoms with Gasteiger partial charge in [-0.25, -0.2) is 0 Å². The van der Waals surface area contributed by atoms with Crippen molar-refractivity contribution < 1.29 is 4.79 Å². The summed E-state index contributed by atoms with van der Waals surface area (Å²) >= 11 is 0. The maximum atomic E-state index is 11.7. The topological polar surface area (TPSA) is 71.6 Å². The minimum Gasteiger partial charge on any atom is -0.401 e. The summed E-state index contributed by atoms with van der Waals surface area (Å²) in [4.78, 5) is 22.1. The van der Waals surface area contributed by atoms with Crippen LogP contribution in [0.2, 0.25) is 0 Å². The zero-order valence-electron chi connectivity index (χ0n) is 15.3. The average molecular weight is 348 g/mol. The van der Waals surface area contributed by atoms with Gasteiger partial charge >= 0.3 is 0 Å². The Morgan fingerprint density at radius 3 is 2.62 bits per heavy atom. The van der Waals surface area contributed by atoms with Gasteiger partial charge in [-0.05, 0) is 22.8 Å². The van der Waals surface area contributed by atoms with Crippen LogP contribution in [0.5, 0.6) is 0 Å². The largest absolute Gasteiger partial charge is 0.401 e. The number of rotatable bonds is 3. The summed E-state index contributed by atoms with van der Waals surface area (Å²) in [5, 5.41) is 0. The van der Waals surface area contributed by atoms with E-state index in [0.717, 1.165) is 40.1 Å². The van der Waals surface area contributed by atoms with Gasteiger partial charge < -0.3 is 10.6 Å². The normalized spacial score (nSPS) is 18.1. The van der Waals surface area contributed by atoms with Crippen molar-refractivity contribution >= 4 is 11.6 Å². The molecule has 1 aromatic heterocycles. The fraction of sp³-hybridized carbons (Fsp3) is 0.286. The quantitative estimate of drug-likeness (QED) is 0.927. The Morgan fingerprint density at radius 2 is 2.00 bits per heavy atom. The second-order valence-corrected chi connectivity index (χ2v) is 6.48. The molecule has 2 aromatic rings. The van der Waals surface area contributed by atoms with E-state index in [-0.39, 0.29) is 5.91 Å². The lowest BCUT2D eigenvalue weighted by Gasteiger charge is -2.30. The molecule has 1 fully saturated rings. The molecule has 0 bridgehead atoms. The lowest BCUT2D eigenvalue weighted by atomic mass is 9.96. The number of carbonyl (C=O) groups is 1. The molecule has 5 nitrogen and oxygen atoms in total. The number of aliphatic imine (C=N–C) groups is 1. The molecule has 1 aliphatic heterocycles. The SMILES string of the molecule is CN=C1CCN(C(C)=O)CC1=C(N)Cc1ccc(-c2cccnc2)cc1. The fourth-order valence-electron chi connectivity index (χ4n) is 3.23. The van der Waals surface area contributed by atoms with E-state index < -0.39 is 0 Å².